The number of hydrogen-bond acceptors (Lipinski definition) is 4. The van der Waals surface area contributed by atoms with Crippen LogP contribution in [0.5, 0.6) is 11.5 Å². The first kappa shape index (κ1) is 25.7. The number of halogens is 1. The van der Waals surface area contributed by atoms with Gasteiger partial charge in [0.2, 0.25) is 11.8 Å². The smallest absolute Gasteiger partial charge is 0.242 e. The van der Waals surface area contributed by atoms with Gasteiger partial charge in [-0.2, -0.15) is 0 Å². The lowest BCUT2D eigenvalue weighted by Gasteiger charge is -2.29. The van der Waals surface area contributed by atoms with Crippen LogP contribution >= 0.6 is 15.9 Å². The largest absolute Gasteiger partial charge is 0.497 e. The quantitative estimate of drug-likeness (QED) is 0.391. The van der Waals surface area contributed by atoms with E-state index in [9.17, 15) is 9.59 Å². The number of unbranched alkanes of at least 4 members (excludes halogenated alkanes) is 1. The molecule has 6 nitrogen and oxygen atoms in total. The van der Waals surface area contributed by atoms with Gasteiger partial charge in [-0.05, 0) is 61.7 Å². The van der Waals surface area contributed by atoms with Crippen molar-refractivity contribution in [2.45, 2.75) is 52.1 Å². The number of nitrogens with one attached hydrogen (secondary N) is 1. The number of methoxy groups -OCH3 is 1. The molecule has 0 saturated heterocycles. The molecule has 2 amide bonds. The SMILES string of the molecule is CCCCNC(=O)[C@@H](C)N(Cc1ccc(Br)cc1)C(=O)CCCOc1ccc(OC)cc1. The monoisotopic (exact) mass is 504 g/mol. The maximum Gasteiger partial charge on any atom is 0.242 e. The van der Waals surface area contributed by atoms with E-state index in [-0.39, 0.29) is 11.8 Å². The summed E-state index contributed by atoms with van der Waals surface area (Å²) in [5, 5.41) is 2.94. The Balaban J connectivity index is 1.95. The molecule has 1 N–H and O–H groups in total. The van der Waals surface area contributed by atoms with Crippen LogP contribution in [0.3, 0.4) is 0 Å². The number of carbonyl (C=O) groups is 2. The molecule has 0 heterocycles. The maximum absolute atomic E-state index is 13.0. The fraction of sp³-hybridized carbons (Fsp3) is 0.440. The number of amides is 2. The van der Waals surface area contributed by atoms with Gasteiger partial charge in [0.25, 0.3) is 0 Å². The standard InChI is InChI=1S/C25H33BrN2O4/c1-4-5-16-27-25(30)19(2)28(18-20-8-10-21(26)11-9-20)24(29)7-6-17-32-23-14-12-22(31-3)13-15-23/h8-15,19H,4-7,16-18H2,1-3H3,(H,27,30)/t19-/m1/s1. The zero-order valence-corrected chi connectivity index (χ0v) is 20.7. The van der Waals surface area contributed by atoms with Crippen molar-refractivity contribution in [1.29, 1.82) is 0 Å². The first-order chi connectivity index (χ1) is 15.4. The number of benzene rings is 2. The Kier molecular flexibility index (Phi) is 11.1. The Hall–Kier alpha value is -2.54. The first-order valence-corrected chi connectivity index (χ1v) is 11.8. The van der Waals surface area contributed by atoms with Gasteiger partial charge in [-0.3, -0.25) is 9.59 Å². The normalized spacial score (nSPS) is 11.5. The Morgan fingerprint density at radius 3 is 2.31 bits per heavy atom. The van der Waals surface area contributed by atoms with Gasteiger partial charge in [-0.1, -0.05) is 41.4 Å². The van der Waals surface area contributed by atoms with Crippen LogP contribution in [0.2, 0.25) is 0 Å². The van der Waals surface area contributed by atoms with Gasteiger partial charge in [0, 0.05) is 24.0 Å². The number of nitrogens with zero attached hydrogens (tertiary/aromatic N) is 1. The number of rotatable bonds is 13. The molecule has 1 atom stereocenters. The molecule has 0 aliphatic carbocycles. The van der Waals surface area contributed by atoms with Crippen LogP contribution in [0, 0.1) is 0 Å². The van der Waals surface area contributed by atoms with Crippen molar-refractivity contribution < 1.29 is 19.1 Å². The lowest BCUT2D eigenvalue weighted by molar-refractivity contribution is -0.140. The van der Waals surface area contributed by atoms with Gasteiger partial charge < -0.3 is 19.7 Å². The molecular weight excluding hydrogens is 472 g/mol. The van der Waals surface area contributed by atoms with Crippen molar-refractivity contribution in [3.8, 4) is 11.5 Å². The molecule has 2 rings (SSSR count). The van der Waals surface area contributed by atoms with Crippen LogP contribution in [-0.2, 0) is 16.1 Å². The Labute approximate surface area is 199 Å². The van der Waals surface area contributed by atoms with Gasteiger partial charge in [-0.25, -0.2) is 0 Å². The molecule has 0 bridgehead atoms. The minimum absolute atomic E-state index is 0.0654. The van der Waals surface area contributed by atoms with Crippen molar-refractivity contribution in [3.05, 3.63) is 58.6 Å². The molecule has 0 spiro atoms. The fourth-order valence-electron chi connectivity index (χ4n) is 3.13. The highest BCUT2D eigenvalue weighted by molar-refractivity contribution is 9.10. The first-order valence-electron chi connectivity index (χ1n) is 11.0. The summed E-state index contributed by atoms with van der Waals surface area (Å²) in [6, 6.07) is 14.6. The van der Waals surface area contributed by atoms with Gasteiger partial charge in [-0.15, -0.1) is 0 Å². The minimum atomic E-state index is -0.550. The van der Waals surface area contributed by atoms with Crippen LogP contribution < -0.4 is 14.8 Å². The van der Waals surface area contributed by atoms with E-state index in [2.05, 4.69) is 28.2 Å². The molecule has 0 aromatic heterocycles. The molecule has 32 heavy (non-hydrogen) atoms. The highest BCUT2D eigenvalue weighted by Crippen LogP contribution is 2.18. The van der Waals surface area contributed by atoms with E-state index < -0.39 is 6.04 Å². The van der Waals surface area contributed by atoms with E-state index in [0.717, 1.165) is 34.4 Å². The predicted molar refractivity (Wildman–Crippen MR) is 130 cm³/mol. The van der Waals surface area contributed by atoms with E-state index in [1.165, 1.54) is 0 Å². The van der Waals surface area contributed by atoms with Gasteiger partial charge in [0.1, 0.15) is 17.5 Å². The van der Waals surface area contributed by atoms with E-state index in [1.54, 1.807) is 18.9 Å². The lowest BCUT2D eigenvalue weighted by atomic mass is 10.1. The van der Waals surface area contributed by atoms with E-state index in [4.69, 9.17) is 9.47 Å². The topological polar surface area (TPSA) is 67.9 Å². The summed E-state index contributed by atoms with van der Waals surface area (Å²) in [7, 11) is 1.62. The van der Waals surface area contributed by atoms with Crippen molar-refractivity contribution in [2.24, 2.45) is 0 Å². The molecule has 174 valence electrons. The van der Waals surface area contributed by atoms with Crippen LogP contribution in [-0.4, -0.2) is 43.0 Å². The predicted octanol–water partition coefficient (Wildman–Crippen LogP) is 4.95. The highest BCUT2D eigenvalue weighted by atomic mass is 79.9. The third kappa shape index (κ3) is 8.54. The summed E-state index contributed by atoms with van der Waals surface area (Å²) in [4.78, 5) is 27.3. The third-order valence-electron chi connectivity index (χ3n) is 5.13. The van der Waals surface area contributed by atoms with Crippen molar-refractivity contribution >= 4 is 27.7 Å². The lowest BCUT2D eigenvalue weighted by Crippen LogP contribution is -2.47. The summed E-state index contributed by atoms with van der Waals surface area (Å²) in [5.74, 6) is 1.30. The zero-order valence-electron chi connectivity index (χ0n) is 19.1. The summed E-state index contributed by atoms with van der Waals surface area (Å²) < 4.78 is 11.8. The van der Waals surface area contributed by atoms with E-state index in [1.807, 2.05) is 48.5 Å². The van der Waals surface area contributed by atoms with Crippen LogP contribution in [0.1, 0.15) is 45.1 Å². The molecule has 0 aliphatic rings. The van der Waals surface area contributed by atoms with Crippen molar-refractivity contribution in [3.63, 3.8) is 0 Å². The zero-order chi connectivity index (χ0) is 23.3. The number of hydrogen-bond donors (Lipinski definition) is 1. The van der Waals surface area contributed by atoms with Gasteiger partial charge in [0.05, 0.1) is 13.7 Å². The Morgan fingerprint density at radius 1 is 1.03 bits per heavy atom. The van der Waals surface area contributed by atoms with Crippen molar-refractivity contribution in [2.75, 3.05) is 20.3 Å². The number of ether oxygens (including phenoxy) is 2. The third-order valence-corrected chi connectivity index (χ3v) is 5.65. The van der Waals surface area contributed by atoms with Crippen LogP contribution in [0.25, 0.3) is 0 Å². The second-order valence-corrected chi connectivity index (χ2v) is 8.51. The van der Waals surface area contributed by atoms with Gasteiger partial charge in [0.15, 0.2) is 0 Å². The summed E-state index contributed by atoms with van der Waals surface area (Å²) in [5.41, 5.74) is 0.976. The molecule has 0 saturated carbocycles. The number of carbonyl (C=O) groups excluding carboxylic acids is 2. The molecule has 0 aliphatic heterocycles. The van der Waals surface area contributed by atoms with E-state index in [0.29, 0.717) is 32.5 Å². The Bertz CT molecular complexity index is 840. The maximum atomic E-state index is 13.0. The molecule has 0 unspecified atom stereocenters. The molecule has 0 radical (unpaired) electrons. The molecule has 2 aromatic rings. The molecule has 2 aromatic carbocycles. The highest BCUT2D eigenvalue weighted by Gasteiger charge is 2.25. The van der Waals surface area contributed by atoms with E-state index >= 15 is 0 Å². The van der Waals surface area contributed by atoms with Crippen LogP contribution in [0.4, 0.5) is 0 Å². The van der Waals surface area contributed by atoms with Crippen molar-refractivity contribution in [1.82, 2.24) is 10.2 Å². The summed E-state index contributed by atoms with van der Waals surface area (Å²) >= 11 is 3.43. The van der Waals surface area contributed by atoms with Crippen LogP contribution in [0.15, 0.2) is 53.0 Å². The minimum Gasteiger partial charge on any atom is -0.497 e. The second kappa shape index (κ2) is 13.8. The molecular formula is C25H33BrN2O4. The van der Waals surface area contributed by atoms with Gasteiger partial charge >= 0.3 is 0 Å². The average molecular weight is 505 g/mol. The second-order valence-electron chi connectivity index (χ2n) is 7.60. The summed E-state index contributed by atoms with van der Waals surface area (Å²) in [6.45, 7) is 5.28. The molecule has 7 heteroatoms. The summed E-state index contributed by atoms with van der Waals surface area (Å²) in [6.07, 6.45) is 2.79. The Morgan fingerprint density at radius 2 is 1.69 bits per heavy atom. The average Bonchev–Trinajstić information content (AvgIpc) is 2.81. The molecule has 0 fully saturated rings. The fourth-order valence-corrected chi connectivity index (χ4v) is 3.40.